The molecule has 2 aromatic heterocycles. The minimum Gasteiger partial charge on any atom is -0.472 e. The number of methoxy groups -OCH3 is 1. The zero-order valence-electron chi connectivity index (χ0n) is 11.2. The van der Waals surface area contributed by atoms with Crippen LogP contribution in [0.25, 0.3) is 10.6 Å². The standard InChI is InChI=1S/C14H16N2O3S/c1-18-14(17)12-3-2-5-16(12)7-11-9-20-13(15-11)10-4-6-19-8-10/h4,6,8-9,12H,2-3,5,7H2,1H3/t12-/m0/s1. The van der Waals surface area contributed by atoms with Crippen LogP contribution in [0.4, 0.5) is 0 Å². The van der Waals surface area contributed by atoms with Crippen LogP contribution in [0, 0.1) is 0 Å². The predicted molar refractivity (Wildman–Crippen MR) is 75.3 cm³/mol. The van der Waals surface area contributed by atoms with Gasteiger partial charge in [-0.05, 0) is 25.5 Å². The van der Waals surface area contributed by atoms with Gasteiger partial charge in [0, 0.05) is 17.5 Å². The van der Waals surface area contributed by atoms with Crippen molar-refractivity contribution < 1.29 is 13.9 Å². The van der Waals surface area contributed by atoms with Crippen LogP contribution in [0.2, 0.25) is 0 Å². The zero-order valence-corrected chi connectivity index (χ0v) is 12.1. The molecule has 0 unspecified atom stereocenters. The Bertz CT molecular complexity index is 579. The molecule has 0 bridgehead atoms. The molecule has 1 atom stereocenters. The summed E-state index contributed by atoms with van der Waals surface area (Å²) in [6, 6.07) is 1.77. The Morgan fingerprint density at radius 1 is 1.65 bits per heavy atom. The van der Waals surface area contributed by atoms with E-state index in [0.29, 0.717) is 6.54 Å². The van der Waals surface area contributed by atoms with E-state index < -0.39 is 0 Å². The molecule has 0 N–H and O–H groups in total. The van der Waals surface area contributed by atoms with Gasteiger partial charge in [0.2, 0.25) is 0 Å². The summed E-state index contributed by atoms with van der Waals surface area (Å²) in [6.45, 7) is 1.60. The summed E-state index contributed by atoms with van der Waals surface area (Å²) in [5, 5.41) is 2.98. The van der Waals surface area contributed by atoms with Crippen molar-refractivity contribution in [2.24, 2.45) is 0 Å². The molecule has 0 aromatic carbocycles. The highest BCUT2D eigenvalue weighted by Crippen LogP contribution is 2.26. The lowest BCUT2D eigenvalue weighted by atomic mass is 10.2. The topological polar surface area (TPSA) is 55.6 Å². The van der Waals surface area contributed by atoms with E-state index in [4.69, 9.17) is 9.15 Å². The molecule has 1 saturated heterocycles. The van der Waals surface area contributed by atoms with Crippen LogP contribution in [-0.4, -0.2) is 35.5 Å². The van der Waals surface area contributed by atoms with E-state index in [1.165, 1.54) is 7.11 Å². The lowest BCUT2D eigenvalue weighted by molar-refractivity contribution is -0.146. The maximum absolute atomic E-state index is 11.7. The number of carbonyl (C=O) groups is 1. The summed E-state index contributed by atoms with van der Waals surface area (Å²) in [7, 11) is 1.44. The summed E-state index contributed by atoms with van der Waals surface area (Å²) in [5.41, 5.74) is 1.98. The smallest absolute Gasteiger partial charge is 0.323 e. The molecule has 6 heteroatoms. The summed E-state index contributed by atoms with van der Waals surface area (Å²) < 4.78 is 9.93. The van der Waals surface area contributed by atoms with Crippen LogP contribution in [0.3, 0.4) is 0 Å². The first kappa shape index (κ1) is 13.3. The molecule has 2 aromatic rings. The molecule has 1 fully saturated rings. The third-order valence-corrected chi connectivity index (χ3v) is 4.46. The van der Waals surface area contributed by atoms with E-state index in [-0.39, 0.29) is 12.0 Å². The summed E-state index contributed by atoms with van der Waals surface area (Å²) >= 11 is 1.59. The lowest BCUT2D eigenvalue weighted by Gasteiger charge is -2.21. The van der Waals surface area contributed by atoms with Gasteiger partial charge in [0.25, 0.3) is 0 Å². The molecule has 0 saturated carbocycles. The van der Waals surface area contributed by atoms with E-state index in [2.05, 4.69) is 9.88 Å². The van der Waals surface area contributed by atoms with E-state index in [1.807, 2.05) is 11.4 Å². The maximum atomic E-state index is 11.7. The van der Waals surface area contributed by atoms with Crippen molar-refractivity contribution in [2.45, 2.75) is 25.4 Å². The van der Waals surface area contributed by atoms with Crippen LogP contribution >= 0.6 is 11.3 Å². The molecule has 1 aliphatic heterocycles. The molecule has 5 nitrogen and oxygen atoms in total. The van der Waals surface area contributed by atoms with Crippen LogP contribution in [0.5, 0.6) is 0 Å². The van der Waals surface area contributed by atoms with Crippen LogP contribution in [0.1, 0.15) is 18.5 Å². The fourth-order valence-electron chi connectivity index (χ4n) is 2.52. The summed E-state index contributed by atoms with van der Waals surface area (Å²) in [6.07, 6.45) is 5.23. The quantitative estimate of drug-likeness (QED) is 0.811. The number of hydrogen-bond donors (Lipinski definition) is 0. The number of ether oxygens (including phenoxy) is 1. The molecular weight excluding hydrogens is 276 g/mol. The first-order valence-corrected chi connectivity index (χ1v) is 7.45. The highest BCUT2D eigenvalue weighted by Gasteiger charge is 2.31. The number of rotatable bonds is 4. The van der Waals surface area contributed by atoms with Gasteiger partial charge < -0.3 is 9.15 Å². The van der Waals surface area contributed by atoms with E-state index in [9.17, 15) is 4.79 Å². The largest absolute Gasteiger partial charge is 0.472 e. The third kappa shape index (κ3) is 2.62. The number of thiazole rings is 1. The fraction of sp³-hybridized carbons (Fsp3) is 0.429. The van der Waals surface area contributed by atoms with Gasteiger partial charge in [0.1, 0.15) is 17.3 Å². The van der Waals surface area contributed by atoms with Gasteiger partial charge in [-0.25, -0.2) is 4.98 Å². The van der Waals surface area contributed by atoms with Gasteiger partial charge >= 0.3 is 5.97 Å². The monoisotopic (exact) mass is 292 g/mol. The number of hydrogen-bond acceptors (Lipinski definition) is 6. The zero-order chi connectivity index (χ0) is 13.9. The Kier molecular flexibility index (Phi) is 3.84. The number of likely N-dealkylation sites (tertiary alicyclic amines) is 1. The molecule has 0 aliphatic carbocycles. The van der Waals surface area contributed by atoms with Crippen molar-refractivity contribution in [3.8, 4) is 10.6 Å². The molecule has 106 valence electrons. The van der Waals surface area contributed by atoms with Crippen molar-refractivity contribution in [3.05, 3.63) is 29.7 Å². The van der Waals surface area contributed by atoms with Crippen LogP contribution in [-0.2, 0) is 16.1 Å². The fourth-order valence-corrected chi connectivity index (χ4v) is 3.32. The highest BCUT2D eigenvalue weighted by atomic mass is 32.1. The second-order valence-corrected chi connectivity index (χ2v) is 5.67. The second kappa shape index (κ2) is 5.76. The van der Waals surface area contributed by atoms with E-state index in [1.54, 1.807) is 23.9 Å². The molecule has 3 heterocycles. The lowest BCUT2D eigenvalue weighted by Crippen LogP contribution is -2.36. The Hall–Kier alpha value is -1.66. The third-order valence-electron chi connectivity index (χ3n) is 3.52. The molecule has 20 heavy (non-hydrogen) atoms. The van der Waals surface area contributed by atoms with Gasteiger partial charge in [-0.15, -0.1) is 11.3 Å². The normalized spacial score (nSPS) is 19.4. The molecule has 0 amide bonds. The SMILES string of the molecule is COC(=O)[C@@H]1CCCN1Cc1csc(-c2ccoc2)n1. The summed E-state index contributed by atoms with van der Waals surface area (Å²) in [5.74, 6) is -0.146. The molecule has 3 rings (SSSR count). The minimum atomic E-state index is -0.146. The summed E-state index contributed by atoms with van der Waals surface area (Å²) in [4.78, 5) is 18.5. The second-order valence-electron chi connectivity index (χ2n) is 4.81. The first-order valence-electron chi connectivity index (χ1n) is 6.57. The highest BCUT2D eigenvalue weighted by molar-refractivity contribution is 7.13. The molecule has 0 spiro atoms. The molecule has 1 aliphatic rings. The van der Waals surface area contributed by atoms with Crippen molar-refractivity contribution >= 4 is 17.3 Å². The first-order chi connectivity index (χ1) is 9.78. The Morgan fingerprint density at radius 3 is 3.30 bits per heavy atom. The number of carbonyl (C=O) groups excluding carboxylic acids is 1. The van der Waals surface area contributed by atoms with Crippen LogP contribution in [0.15, 0.2) is 28.4 Å². The Morgan fingerprint density at radius 2 is 2.55 bits per heavy atom. The van der Waals surface area contributed by atoms with Gasteiger partial charge in [-0.3, -0.25) is 9.69 Å². The Labute approximate surface area is 121 Å². The van der Waals surface area contributed by atoms with Crippen molar-refractivity contribution in [1.82, 2.24) is 9.88 Å². The van der Waals surface area contributed by atoms with Crippen molar-refractivity contribution in [1.29, 1.82) is 0 Å². The number of aromatic nitrogens is 1. The van der Waals surface area contributed by atoms with Crippen LogP contribution < -0.4 is 0 Å². The maximum Gasteiger partial charge on any atom is 0.323 e. The average Bonchev–Trinajstić information content (AvgIpc) is 3.19. The van der Waals surface area contributed by atoms with Gasteiger partial charge in [0.15, 0.2) is 0 Å². The number of nitrogens with zero attached hydrogens (tertiary/aromatic N) is 2. The number of esters is 1. The minimum absolute atomic E-state index is 0.126. The van der Waals surface area contributed by atoms with Gasteiger partial charge in [-0.1, -0.05) is 0 Å². The van der Waals surface area contributed by atoms with Gasteiger partial charge in [-0.2, -0.15) is 0 Å². The van der Waals surface area contributed by atoms with E-state index >= 15 is 0 Å². The molecule has 0 radical (unpaired) electrons. The molecular formula is C14H16N2O3S. The van der Waals surface area contributed by atoms with Gasteiger partial charge in [0.05, 0.1) is 19.1 Å². The Balaban J connectivity index is 1.70. The average molecular weight is 292 g/mol. The number of furan rings is 1. The predicted octanol–water partition coefficient (Wildman–Crippen LogP) is 2.54. The van der Waals surface area contributed by atoms with Crippen molar-refractivity contribution in [3.63, 3.8) is 0 Å². The van der Waals surface area contributed by atoms with E-state index in [0.717, 1.165) is 35.7 Å². The van der Waals surface area contributed by atoms with Crippen molar-refractivity contribution in [2.75, 3.05) is 13.7 Å².